The van der Waals surface area contributed by atoms with Crippen LogP contribution in [-0.2, 0) is 0 Å². The number of hydrogen-bond donors (Lipinski definition) is 3. The Morgan fingerprint density at radius 2 is 1.12 bits per heavy atom. The molecule has 25 heavy (non-hydrogen) atoms. The Bertz CT molecular complexity index is 366. The molecule has 144 valence electrons. The van der Waals surface area contributed by atoms with Gasteiger partial charge in [-0.3, -0.25) is 0 Å². The van der Waals surface area contributed by atoms with Crippen LogP contribution >= 0.6 is 0 Å². The first-order valence-corrected chi connectivity index (χ1v) is 11.5. The minimum Gasteiger partial charge on any atom is -0.312 e. The van der Waals surface area contributed by atoms with E-state index in [1.54, 1.807) is 0 Å². The molecule has 3 saturated heterocycles. The first-order valence-electron chi connectivity index (χ1n) is 11.5. The van der Waals surface area contributed by atoms with E-state index in [-0.39, 0.29) is 0 Å². The fourth-order valence-electron chi connectivity index (χ4n) is 6.31. The van der Waals surface area contributed by atoms with Gasteiger partial charge in [0.1, 0.15) is 0 Å². The van der Waals surface area contributed by atoms with Crippen LogP contribution in [0.15, 0.2) is 0 Å². The molecule has 0 aromatic rings. The Kier molecular flexibility index (Phi) is 6.36. The largest absolute Gasteiger partial charge is 0.312 e. The second-order valence-corrected chi connectivity index (χ2v) is 9.74. The highest BCUT2D eigenvalue weighted by Gasteiger charge is 2.39. The molecule has 3 aliphatic heterocycles. The molecule has 3 N–H and O–H groups in total. The van der Waals surface area contributed by atoms with Crippen molar-refractivity contribution in [2.45, 2.75) is 108 Å². The van der Waals surface area contributed by atoms with E-state index in [4.69, 9.17) is 0 Å². The summed E-state index contributed by atoms with van der Waals surface area (Å²) in [5, 5.41) is 11.9. The lowest BCUT2D eigenvalue weighted by atomic mass is 9.69. The van der Waals surface area contributed by atoms with Crippen molar-refractivity contribution in [1.29, 1.82) is 0 Å². The van der Waals surface area contributed by atoms with Gasteiger partial charge in [-0.15, -0.1) is 0 Å². The topological polar surface area (TPSA) is 36.1 Å². The van der Waals surface area contributed by atoms with E-state index in [1.807, 2.05) is 0 Å². The summed E-state index contributed by atoms with van der Waals surface area (Å²) in [6.45, 7) is 4.93. The third kappa shape index (κ3) is 4.59. The number of rotatable bonds is 3. The van der Waals surface area contributed by atoms with Crippen LogP contribution in [0.3, 0.4) is 0 Å². The summed E-state index contributed by atoms with van der Waals surface area (Å²) in [6.07, 6.45) is 17.2. The summed E-state index contributed by atoms with van der Waals surface area (Å²) in [5.41, 5.74) is 0. The van der Waals surface area contributed by atoms with E-state index in [0.717, 1.165) is 29.8 Å². The van der Waals surface area contributed by atoms with E-state index in [2.05, 4.69) is 22.9 Å². The van der Waals surface area contributed by atoms with Crippen LogP contribution in [0, 0.1) is 17.8 Å². The van der Waals surface area contributed by atoms with Gasteiger partial charge in [-0.2, -0.15) is 0 Å². The van der Waals surface area contributed by atoms with Crippen molar-refractivity contribution in [3.63, 3.8) is 0 Å². The Morgan fingerprint density at radius 1 is 0.560 bits per heavy atom. The van der Waals surface area contributed by atoms with Crippen molar-refractivity contribution in [3.8, 4) is 0 Å². The van der Waals surface area contributed by atoms with Crippen molar-refractivity contribution < 1.29 is 0 Å². The molecule has 0 spiro atoms. The van der Waals surface area contributed by atoms with Crippen LogP contribution in [0.25, 0.3) is 0 Å². The van der Waals surface area contributed by atoms with Gasteiger partial charge in [-0.05, 0) is 82.2 Å². The van der Waals surface area contributed by atoms with Gasteiger partial charge in [0.25, 0.3) is 0 Å². The molecule has 4 unspecified atom stereocenters. The third-order valence-corrected chi connectivity index (χ3v) is 7.94. The van der Waals surface area contributed by atoms with Crippen LogP contribution in [0.5, 0.6) is 0 Å². The fraction of sp³-hybridized carbons (Fsp3) is 1.00. The molecule has 0 radical (unpaired) electrons. The van der Waals surface area contributed by atoms with Crippen LogP contribution in [0.2, 0.25) is 0 Å². The zero-order valence-corrected chi connectivity index (χ0v) is 16.4. The summed E-state index contributed by atoms with van der Waals surface area (Å²) in [4.78, 5) is 0. The maximum atomic E-state index is 4.15. The fourth-order valence-corrected chi connectivity index (χ4v) is 6.31. The Morgan fingerprint density at radius 3 is 1.60 bits per heavy atom. The molecule has 0 aromatic carbocycles. The van der Waals surface area contributed by atoms with Crippen LogP contribution in [0.1, 0.15) is 84.0 Å². The Hall–Kier alpha value is -0.120. The lowest BCUT2D eigenvalue weighted by Gasteiger charge is -2.47. The standard InChI is InChI=1S/C22H41N3/c1-16-8-10-17(11-9-16)18-14-21(19-6-2-4-12-23-19)25-22(15-18)20-7-3-5-13-24-20/h16-25H,2-15H2,1H3. The second kappa shape index (κ2) is 8.71. The number of piperidine rings is 3. The summed E-state index contributed by atoms with van der Waals surface area (Å²) in [6, 6.07) is 2.88. The van der Waals surface area contributed by atoms with Crippen LogP contribution in [0.4, 0.5) is 0 Å². The number of nitrogens with one attached hydrogen (secondary N) is 3. The average molecular weight is 348 g/mol. The Balaban J connectivity index is 1.43. The highest BCUT2D eigenvalue weighted by atomic mass is 15.1. The molecule has 0 bridgehead atoms. The lowest BCUT2D eigenvalue weighted by Crippen LogP contribution is -2.62. The van der Waals surface area contributed by atoms with Crippen LogP contribution < -0.4 is 16.0 Å². The monoisotopic (exact) mass is 347 g/mol. The summed E-state index contributed by atoms with van der Waals surface area (Å²) >= 11 is 0. The molecule has 3 heterocycles. The van der Waals surface area contributed by atoms with Gasteiger partial charge in [-0.1, -0.05) is 32.6 Å². The van der Waals surface area contributed by atoms with E-state index in [9.17, 15) is 0 Å². The van der Waals surface area contributed by atoms with Gasteiger partial charge in [0.05, 0.1) is 0 Å². The normalized spacial score (nSPS) is 46.7. The molecule has 3 nitrogen and oxygen atoms in total. The molecular formula is C22H41N3. The quantitative estimate of drug-likeness (QED) is 0.726. The predicted molar refractivity (Wildman–Crippen MR) is 106 cm³/mol. The maximum Gasteiger partial charge on any atom is 0.0227 e. The molecule has 4 atom stereocenters. The van der Waals surface area contributed by atoms with E-state index in [0.29, 0.717) is 12.1 Å². The van der Waals surface area contributed by atoms with Gasteiger partial charge in [0.2, 0.25) is 0 Å². The SMILES string of the molecule is CC1CCC(C2CC(C3CCCCN3)NC(C3CCCCN3)C2)CC1. The van der Waals surface area contributed by atoms with Gasteiger partial charge >= 0.3 is 0 Å². The first-order chi connectivity index (χ1) is 12.3. The predicted octanol–water partition coefficient (Wildman–Crippen LogP) is 3.83. The zero-order valence-electron chi connectivity index (χ0n) is 16.4. The molecule has 4 rings (SSSR count). The highest BCUT2D eigenvalue weighted by molar-refractivity contribution is 4.99. The molecule has 1 saturated carbocycles. The van der Waals surface area contributed by atoms with Gasteiger partial charge in [0, 0.05) is 24.2 Å². The van der Waals surface area contributed by atoms with E-state index >= 15 is 0 Å². The lowest BCUT2D eigenvalue weighted by molar-refractivity contribution is 0.0981. The average Bonchev–Trinajstić information content (AvgIpc) is 2.69. The zero-order chi connectivity index (χ0) is 17.1. The van der Waals surface area contributed by atoms with E-state index in [1.165, 1.54) is 90.1 Å². The molecule has 1 aliphatic carbocycles. The van der Waals surface area contributed by atoms with Gasteiger partial charge in [-0.25, -0.2) is 0 Å². The van der Waals surface area contributed by atoms with Crippen molar-refractivity contribution in [3.05, 3.63) is 0 Å². The molecule has 0 amide bonds. The molecular weight excluding hydrogens is 306 g/mol. The van der Waals surface area contributed by atoms with E-state index < -0.39 is 0 Å². The smallest absolute Gasteiger partial charge is 0.0227 e. The van der Waals surface area contributed by atoms with Crippen LogP contribution in [-0.4, -0.2) is 37.3 Å². The highest BCUT2D eigenvalue weighted by Crippen LogP contribution is 2.40. The van der Waals surface area contributed by atoms with Crippen molar-refractivity contribution in [2.24, 2.45) is 17.8 Å². The summed E-state index contributed by atoms with van der Waals surface area (Å²) < 4.78 is 0. The first kappa shape index (κ1) is 18.3. The minimum absolute atomic E-state index is 0.715. The molecule has 4 fully saturated rings. The van der Waals surface area contributed by atoms with Crippen molar-refractivity contribution in [1.82, 2.24) is 16.0 Å². The Labute approximate surface area is 155 Å². The molecule has 4 aliphatic rings. The third-order valence-electron chi connectivity index (χ3n) is 7.94. The maximum absolute atomic E-state index is 4.15. The van der Waals surface area contributed by atoms with Crippen molar-refractivity contribution in [2.75, 3.05) is 13.1 Å². The molecule has 3 heteroatoms. The minimum atomic E-state index is 0.715. The summed E-state index contributed by atoms with van der Waals surface area (Å²) in [5.74, 6) is 2.95. The second-order valence-electron chi connectivity index (χ2n) is 9.74. The number of hydrogen-bond acceptors (Lipinski definition) is 3. The summed E-state index contributed by atoms with van der Waals surface area (Å²) in [7, 11) is 0. The van der Waals surface area contributed by atoms with Gasteiger partial charge in [0.15, 0.2) is 0 Å². The van der Waals surface area contributed by atoms with Gasteiger partial charge < -0.3 is 16.0 Å². The molecule has 0 aromatic heterocycles. The van der Waals surface area contributed by atoms with Crippen molar-refractivity contribution >= 4 is 0 Å².